The van der Waals surface area contributed by atoms with Gasteiger partial charge in [-0.2, -0.15) is 0 Å². The number of hydrogen-bond acceptors (Lipinski definition) is 2. The second-order valence-electron chi connectivity index (χ2n) is 8.12. The first-order chi connectivity index (χ1) is 15.3. The van der Waals surface area contributed by atoms with Crippen LogP contribution in [0.1, 0.15) is 46.2 Å². The van der Waals surface area contributed by atoms with Gasteiger partial charge in [-0.05, 0) is 22.3 Å². The van der Waals surface area contributed by atoms with Crippen molar-refractivity contribution in [2.75, 3.05) is 0 Å². The molecule has 0 unspecified atom stereocenters. The summed E-state index contributed by atoms with van der Waals surface area (Å²) in [7, 11) is 0. The summed E-state index contributed by atoms with van der Waals surface area (Å²) in [6.07, 6.45) is 0. The van der Waals surface area contributed by atoms with Crippen molar-refractivity contribution in [1.29, 1.82) is 0 Å². The van der Waals surface area contributed by atoms with E-state index >= 15 is 0 Å². The van der Waals surface area contributed by atoms with Crippen LogP contribution in [0.4, 0.5) is 0 Å². The van der Waals surface area contributed by atoms with Gasteiger partial charge in [0.05, 0.1) is 11.8 Å². The average Bonchev–Trinajstić information content (AvgIpc) is 2.85. The highest BCUT2D eigenvalue weighted by molar-refractivity contribution is 5.94. The van der Waals surface area contributed by atoms with Gasteiger partial charge < -0.3 is 5.32 Å². The Morgan fingerprint density at radius 1 is 0.419 bits per heavy atom. The smallest absolute Gasteiger partial charge is 0.151 e. The molecule has 5 rings (SSSR count). The number of Topliss-reactive ketones (excluding diaryl/α,β-unsaturated/α-hetero) is 1. The first-order valence-corrected chi connectivity index (χ1v) is 10.8. The SMILES string of the molecule is O=C1[C@H](c2ccccc2)[C@@H](c2ccccc2)N[C@@H](c2ccccc2)[C@@H]1c1ccccc1. The van der Waals surface area contributed by atoms with Crippen molar-refractivity contribution in [2.24, 2.45) is 0 Å². The third kappa shape index (κ3) is 3.83. The quantitative estimate of drug-likeness (QED) is 0.439. The molecule has 1 aliphatic heterocycles. The van der Waals surface area contributed by atoms with Crippen LogP contribution in [0.25, 0.3) is 0 Å². The third-order valence-electron chi connectivity index (χ3n) is 6.27. The fraction of sp³-hybridized carbons (Fsp3) is 0.138. The van der Waals surface area contributed by atoms with Gasteiger partial charge in [0.15, 0.2) is 5.78 Å². The van der Waals surface area contributed by atoms with Crippen LogP contribution in [0.5, 0.6) is 0 Å². The molecule has 152 valence electrons. The minimum Gasteiger partial charge on any atom is -0.301 e. The van der Waals surface area contributed by atoms with Crippen LogP contribution in [-0.4, -0.2) is 5.78 Å². The largest absolute Gasteiger partial charge is 0.301 e. The Labute approximate surface area is 183 Å². The van der Waals surface area contributed by atoms with Crippen LogP contribution >= 0.6 is 0 Å². The van der Waals surface area contributed by atoms with E-state index in [2.05, 4.69) is 53.8 Å². The van der Waals surface area contributed by atoms with Gasteiger partial charge in [0.2, 0.25) is 0 Å². The highest BCUT2D eigenvalue weighted by Crippen LogP contribution is 2.47. The van der Waals surface area contributed by atoms with Crippen LogP contribution in [0.15, 0.2) is 121 Å². The maximum Gasteiger partial charge on any atom is 0.151 e. The Morgan fingerprint density at radius 3 is 1.03 bits per heavy atom. The van der Waals surface area contributed by atoms with Crippen molar-refractivity contribution in [1.82, 2.24) is 5.32 Å². The Bertz CT molecular complexity index is 1040. The molecular formula is C29H25NO. The van der Waals surface area contributed by atoms with Crippen molar-refractivity contribution in [3.8, 4) is 0 Å². The van der Waals surface area contributed by atoms with E-state index in [4.69, 9.17) is 0 Å². The zero-order valence-corrected chi connectivity index (χ0v) is 17.3. The number of ketones is 1. The predicted octanol–water partition coefficient (Wildman–Crippen LogP) is 6.21. The molecule has 31 heavy (non-hydrogen) atoms. The lowest BCUT2D eigenvalue weighted by Gasteiger charge is -2.42. The number of hydrogen-bond donors (Lipinski definition) is 1. The van der Waals surface area contributed by atoms with Crippen molar-refractivity contribution in [3.63, 3.8) is 0 Å². The van der Waals surface area contributed by atoms with E-state index < -0.39 is 0 Å². The molecule has 0 bridgehead atoms. The number of nitrogens with one attached hydrogen (secondary N) is 1. The van der Waals surface area contributed by atoms with Gasteiger partial charge in [-0.1, -0.05) is 121 Å². The highest BCUT2D eigenvalue weighted by Gasteiger charge is 2.45. The second kappa shape index (κ2) is 8.71. The minimum absolute atomic E-state index is 0.0960. The van der Waals surface area contributed by atoms with E-state index in [0.29, 0.717) is 0 Å². The summed E-state index contributed by atoms with van der Waals surface area (Å²) < 4.78 is 0. The lowest BCUT2D eigenvalue weighted by molar-refractivity contribution is -0.125. The van der Waals surface area contributed by atoms with E-state index in [1.165, 1.54) is 0 Å². The molecule has 1 aliphatic rings. The molecule has 1 fully saturated rings. The zero-order chi connectivity index (χ0) is 21.0. The van der Waals surface area contributed by atoms with Crippen LogP contribution in [0, 0.1) is 0 Å². The molecule has 0 radical (unpaired) electrons. The van der Waals surface area contributed by atoms with Crippen molar-refractivity contribution < 1.29 is 4.79 Å². The van der Waals surface area contributed by atoms with Crippen LogP contribution in [0.2, 0.25) is 0 Å². The Morgan fingerprint density at radius 2 is 0.710 bits per heavy atom. The number of carbonyl (C=O) groups excluding carboxylic acids is 1. The van der Waals surface area contributed by atoms with Gasteiger partial charge in [-0.25, -0.2) is 0 Å². The molecule has 0 saturated carbocycles. The lowest BCUT2D eigenvalue weighted by atomic mass is 9.70. The van der Waals surface area contributed by atoms with E-state index in [1.807, 2.05) is 72.8 Å². The summed E-state index contributed by atoms with van der Waals surface area (Å²) in [4.78, 5) is 14.3. The molecular weight excluding hydrogens is 378 g/mol. The van der Waals surface area contributed by atoms with Gasteiger partial charge in [0.25, 0.3) is 0 Å². The monoisotopic (exact) mass is 403 g/mol. The Hall–Kier alpha value is -3.49. The van der Waals surface area contributed by atoms with Gasteiger partial charge in [-0.3, -0.25) is 4.79 Å². The van der Waals surface area contributed by atoms with Crippen molar-refractivity contribution in [2.45, 2.75) is 23.9 Å². The fourth-order valence-electron chi connectivity index (χ4n) is 4.84. The van der Waals surface area contributed by atoms with Gasteiger partial charge >= 0.3 is 0 Å². The number of carbonyl (C=O) groups is 1. The average molecular weight is 404 g/mol. The second-order valence-corrected chi connectivity index (χ2v) is 8.12. The third-order valence-corrected chi connectivity index (χ3v) is 6.27. The summed E-state index contributed by atoms with van der Waals surface area (Å²) in [5.41, 5.74) is 4.39. The highest BCUT2D eigenvalue weighted by atomic mass is 16.1. The molecule has 1 N–H and O–H groups in total. The zero-order valence-electron chi connectivity index (χ0n) is 17.3. The van der Waals surface area contributed by atoms with Crippen LogP contribution < -0.4 is 5.32 Å². The van der Waals surface area contributed by atoms with Crippen molar-refractivity contribution >= 4 is 5.78 Å². The summed E-state index contributed by atoms with van der Waals surface area (Å²) in [5, 5.41) is 3.89. The number of rotatable bonds is 4. The molecule has 4 atom stereocenters. The van der Waals surface area contributed by atoms with Gasteiger partial charge in [0, 0.05) is 12.1 Å². The van der Waals surface area contributed by atoms with Gasteiger partial charge in [-0.15, -0.1) is 0 Å². The van der Waals surface area contributed by atoms with Crippen molar-refractivity contribution in [3.05, 3.63) is 144 Å². The summed E-state index contributed by atoms with van der Waals surface area (Å²) in [5.74, 6) is -0.249. The maximum absolute atomic E-state index is 14.3. The minimum atomic E-state index is -0.256. The van der Waals surface area contributed by atoms with Crippen LogP contribution in [-0.2, 0) is 4.79 Å². The normalized spacial score (nSPS) is 23.4. The number of piperidine rings is 1. The topological polar surface area (TPSA) is 29.1 Å². The molecule has 0 aromatic heterocycles. The standard InChI is InChI=1S/C29H25NO/c31-29-25(21-13-5-1-6-14-21)27(23-17-9-3-10-18-23)30-28(24-19-11-4-12-20-24)26(29)22-15-7-2-8-16-22/h1-20,25-28,30H/t25-,26+,27-,28+. The number of benzene rings is 4. The summed E-state index contributed by atoms with van der Waals surface area (Å²) in [6.45, 7) is 0. The molecule has 2 heteroatoms. The van der Waals surface area contributed by atoms with E-state index in [-0.39, 0.29) is 29.7 Å². The predicted molar refractivity (Wildman–Crippen MR) is 125 cm³/mol. The maximum atomic E-state index is 14.3. The molecule has 1 saturated heterocycles. The molecule has 0 aliphatic carbocycles. The molecule has 1 heterocycles. The van der Waals surface area contributed by atoms with Crippen LogP contribution in [0.3, 0.4) is 0 Å². The molecule has 0 spiro atoms. The van der Waals surface area contributed by atoms with E-state index in [1.54, 1.807) is 0 Å². The molecule has 4 aromatic carbocycles. The fourth-order valence-corrected chi connectivity index (χ4v) is 4.84. The first kappa shape index (κ1) is 19.5. The summed E-state index contributed by atoms with van der Waals surface area (Å²) >= 11 is 0. The first-order valence-electron chi connectivity index (χ1n) is 10.8. The van der Waals surface area contributed by atoms with E-state index in [9.17, 15) is 4.79 Å². The van der Waals surface area contributed by atoms with E-state index in [0.717, 1.165) is 22.3 Å². The molecule has 0 amide bonds. The molecule has 2 nitrogen and oxygen atoms in total. The molecule has 4 aromatic rings. The summed E-state index contributed by atoms with van der Waals surface area (Å²) in [6, 6.07) is 40.9. The van der Waals surface area contributed by atoms with Gasteiger partial charge in [0.1, 0.15) is 0 Å². The lowest BCUT2D eigenvalue weighted by Crippen LogP contribution is -2.46. The Kier molecular flexibility index (Phi) is 5.47. The Balaban J connectivity index is 1.67.